The van der Waals surface area contributed by atoms with Crippen LogP contribution < -0.4 is 5.32 Å². The number of rotatable bonds is 8. The molecule has 1 fully saturated rings. The number of hydrogen-bond donors (Lipinski definition) is 2. The highest BCUT2D eigenvalue weighted by Gasteiger charge is 2.33. The monoisotopic (exact) mass is 477 g/mol. The van der Waals surface area contributed by atoms with Crippen LogP contribution in [0, 0.1) is 5.92 Å². The van der Waals surface area contributed by atoms with Crippen LogP contribution in [-0.2, 0) is 35.4 Å². The topological polar surface area (TPSA) is 90.0 Å². The van der Waals surface area contributed by atoms with Gasteiger partial charge in [0.05, 0.1) is 5.92 Å². The van der Waals surface area contributed by atoms with Crippen LogP contribution in [0.4, 0.5) is 10.5 Å². The lowest BCUT2D eigenvalue weighted by atomic mass is 9.92. The summed E-state index contributed by atoms with van der Waals surface area (Å²) in [6.07, 6.45) is 3.58. The van der Waals surface area contributed by atoms with Crippen LogP contribution in [0.25, 0.3) is 0 Å². The molecule has 3 amide bonds. The van der Waals surface area contributed by atoms with E-state index in [-0.39, 0.29) is 24.4 Å². The lowest BCUT2D eigenvalue weighted by molar-refractivity contribution is -0.146. The number of amides is 3. The quantitative estimate of drug-likeness (QED) is 0.586. The fourth-order valence-corrected chi connectivity index (χ4v) is 5.30. The molecule has 0 radical (unpaired) electrons. The van der Waals surface area contributed by atoms with E-state index in [1.807, 2.05) is 35.2 Å². The molecule has 2 N–H and O–H groups in total. The zero-order valence-corrected chi connectivity index (χ0v) is 20.6. The van der Waals surface area contributed by atoms with Gasteiger partial charge in [0.15, 0.2) is 0 Å². The summed E-state index contributed by atoms with van der Waals surface area (Å²) in [5, 5.41) is 12.8. The number of carboxylic acids is 1. The van der Waals surface area contributed by atoms with E-state index in [0.717, 1.165) is 29.7 Å². The van der Waals surface area contributed by atoms with E-state index in [2.05, 4.69) is 31.3 Å². The van der Waals surface area contributed by atoms with Crippen molar-refractivity contribution in [3.05, 3.63) is 64.7 Å². The molecule has 2 aliphatic heterocycles. The van der Waals surface area contributed by atoms with Crippen LogP contribution in [0.5, 0.6) is 0 Å². The van der Waals surface area contributed by atoms with Crippen molar-refractivity contribution in [1.82, 2.24) is 9.80 Å². The molecule has 0 spiro atoms. The lowest BCUT2D eigenvalue weighted by Gasteiger charge is -2.40. The van der Waals surface area contributed by atoms with Crippen LogP contribution in [0.1, 0.15) is 55.4 Å². The van der Waals surface area contributed by atoms with Crippen LogP contribution in [0.15, 0.2) is 42.5 Å². The first-order valence-electron chi connectivity index (χ1n) is 12.7. The standard InChI is InChI=1S/C28H35N3O4/c1-3-20-10-9-19(15-21(20)4-2)16-23(27(33)34)17-26(32)30-13-11-24(12-14-30)31-18-22-7-5-6-8-25(22)29-28(31)35/h5-10,15,23-24H,3-4,11-14,16-18H2,1-2H3,(H,29,35)(H,33,34). The molecular formula is C28H35N3O4. The third-order valence-electron chi connectivity index (χ3n) is 7.40. The summed E-state index contributed by atoms with van der Waals surface area (Å²) in [6, 6.07) is 13.9. The summed E-state index contributed by atoms with van der Waals surface area (Å²) in [4.78, 5) is 41.2. The Morgan fingerprint density at radius 1 is 1.06 bits per heavy atom. The number of likely N-dealkylation sites (tertiary alicyclic amines) is 1. The maximum absolute atomic E-state index is 13.0. The third kappa shape index (κ3) is 5.66. The maximum atomic E-state index is 13.0. The number of aliphatic carboxylic acids is 1. The Kier molecular flexibility index (Phi) is 7.73. The second-order valence-electron chi connectivity index (χ2n) is 9.58. The predicted octanol–water partition coefficient (Wildman–Crippen LogP) is 4.48. The average molecular weight is 478 g/mol. The number of urea groups is 1. The van der Waals surface area contributed by atoms with E-state index in [1.165, 1.54) is 11.1 Å². The van der Waals surface area contributed by atoms with Gasteiger partial charge in [0.1, 0.15) is 0 Å². The number of fused-ring (bicyclic) bond motifs is 1. The first kappa shape index (κ1) is 24.8. The van der Waals surface area contributed by atoms with E-state index >= 15 is 0 Å². The summed E-state index contributed by atoms with van der Waals surface area (Å²) >= 11 is 0. The van der Waals surface area contributed by atoms with Crippen LogP contribution in [0.3, 0.4) is 0 Å². The van der Waals surface area contributed by atoms with Gasteiger partial charge in [-0.15, -0.1) is 0 Å². The van der Waals surface area contributed by atoms with Crippen molar-refractivity contribution in [3.8, 4) is 0 Å². The summed E-state index contributed by atoms with van der Waals surface area (Å²) in [5.41, 5.74) is 5.44. The molecule has 4 rings (SSSR count). The molecular weight excluding hydrogens is 442 g/mol. The minimum atomic E-state index is -0.936. The van der Waals surface area contributed by atoms with E-state index in [1.54, 1.807) is 4.90 Å². The predicted molar refractivity (Wildman–Crippen MR) is 135 cm³/mol. The lowest BCUT2D eigenvalue weighted by Crippen LogP contribution is -2.51. The SMILES string of the molecule is CCc1ccc(CC(CC(=O)N2CCC(N3Cc4ccccc4NC3=O)CC2)C(=O)O)cc1CC. The van der Waals surface area contributed by atoms with Gasteiger partial charge in [-0.2, -0.15) is 0 Å². The van der Waals surface area contributed by atoms with Gasteiger partial charge in [-0.05, 0) is 60.4 Å². The van der Waals surface area contributed by atoms with Crippen molar-refractivity contribution in [3.63, 3.8) is 0 Å². The van der Waals surface area contributed by atoms with Gasteiger partial charge in [0.2, 0.25) is 5.91 Å². The summed E-state index contributed by atoms with van der Waals surface area (Å²) in [5.74, 6) is -1.80. The van der Waals surface area contributed by atoms with Crippen molar-refractivity contribution in [1.29, 1.82) is 0 Å². The van der Waals surface area contributed by atoms with Crippen molar-refractivity contribution in [2.24, 2.45) is 5.92 Å². The van der Waals surface area contributed by atoms with Crippen molar-refractivity contribution in [2.75, 3.05) is 18.4 Å². The number of nitrogens with one attached hydrogen (secondary N) is 1. The molecule has 0 aromatic heterocycles. The van der Waals surface area contributed by atoms with Crippen molar-refractivity contribution in [2.45, 2.75) is 65.0 Å². The van der Waals surface area contributed by atoms with Crippen LogP contribution in [0.2, 0.25) is 0 Å². The largest absolute Gasteiger partial charge is 0.481 e. The number of anilines is 1. The van der Waals surface area contributed by atoms with Gasteiger partial charge in [0, 0.05) is 37.8 Å². The Balaban J connectivity index is 1.33. The minimum absolute atomic E-state index is 0.00539. The number of nitrogens with zero attached hydrogens (tertiary/aromatic N) is 2. The third-order valence-corrected chi connectivity index (χ3v) is 7.40. The highest BCUT2D eigenvalue weighted by atomic mass is 16.4. The molecule has 186 valence electrons. The zero-order valence-electron chi connectivity index (χ0n) is 20.6. The summed E-state index contributed by atoms with van der Waals surface area (Å²) in [7, 11) is 0. The summed E-state index contributed by atoms with van der Waals surface area (Å²) < 4.78 is 0. The van der Waals surface area contributed by atoms with E-state index in [9.17, 15) is 19.5 Å². The van der Waals surface area contributed by atoms with Gasteiger partial charge in [0.25, 0.3) is 0 Å². The number of carboxylic acid groups (broad SMARTS) is 1. The first-order valence-corrected chi connectivity index (χ1v) is 12.7. The van der Waals surface area contributed by atoms with Gasteiger partial charge < -0.3 is 20.2 Å². The number of aryl methyl sites for hydroxylation is 2. The van der Waals surface area contributed by atoms with Gasteiger partial charge in [-0.25, -0.2) is 4.79 Å². The summed E-state index contributed by atoms with van der Waals surface area (Å²) in [6.45, 7) is 5.86. The molecule has 0 saturated carbocycles. The Morgan fingerprint density at radius 3 is 2.46 bits per heavy atom. The van der Waals surface area contributed by atoms with Crippen LogP contribution in [-0.4, -0.2) is 51.9 Å². The van der Waals surface area contributed by atoms with Gasteiger partial charge >= 0.3 is 12.0 Å². The van der Waals surface area contributed by atoms with Crippen molar-refractivity contribution >= 4 is 23.6 Å². The molecule has 35 heavy (non-hydrogen) atoms. The average Bonchev–Trinajstić information content (AvgIpc) is 2.87. The molecule has 2 aromatic rings. The molecule has 7 heteroatoms. The fourth-order valence-electron chi connectivity index (χ4n) is 5.30. The molecule has 2 aliphatic rings. The van der Waals surface area contributed by atoms with Gasteiger partial charge in [-0.1, -0.05) is 50.2 Å². The molecule has 0 bridgehead atoms. The number of carbonyl (C=O) groups is 3. The Bertz CT molecular complexity index is 1090. The first-order chi connectivity index (χ1) is 16.9. The van der Waals surface area contributed by atoms with Crippen LogP contribution >= 0.6 is 0 Å². The fraction of sp³-hybridized carbons (Fsp3) is 0.464. The second-order valence-corrected chi connectivity index (χ2v) is 9.58. The maximum Gasteiger partial charge on any atom is 0.322 e. The Labute approximate surface area is 207 Å². The Morgan fingerprint density at radius 2 is 1.77 bits per heavy atom. The highest BCUT2D eigenvalue weighted by Crippen LogP contribution is 2.28. The Hall–Kier alpha value is -3.35. The smallest absolute Gasteiger partial charge is 0.322 e. The van der Waals surface area contributed by atoms with E-state index < -0.39 is 11.9 Å². The normalized spacial score (nSPS) is 17.0. The zero-order chi connectivity index (χ0) is 24.9. The van der Waals surface area contributed by atoms with E-state index in [4.69, 9.17) is 0 Å². The number of carbonyl (C=O) groups excluding carboxylic acids is 2. The number of para-hydroxylation sites is 1. The molecule has 1 atom stereocenters. The van der Waals surface area contributed by atoms with E-state index in [0.29, 0.717) is 38.9 Å². The highest BCUT2D eigenvalue weighted by molar-refractivity contribution is 5.92. The number of piperidine rings is 1. The molecule has 0 aliphatic carbocycles. The molecule has 2 heterocycles. The number of benzene rings is 2. The molecule has 1 saturated heterocycles. The molecule has 1 unspecified atom stereocenters. The van der Waals surface area contributed by atoms with Crippen molar-refractivity contribution < 1.29 is 19.5 Å². The second kappa shape index (κ2) is 10.9. The number of hydrogen-bond acceptors (Lipinski definition) is 3. The molecule has 7 nitrogen and oxygen atoms in total. The van der Waals surface area contributed by atoms with Gasteiger partial charge in [-0.3, -0.25) is 9.59 Å². The molecule has 2 aromatic carbocycles. The minimum Gasteiger partial charge on any atom is -0.481 e.